The van der Waals surface area contributed by atoms with Gasteiger partial charge in [-0.3, -0.25) is 9.63 Å². The first-order valence-corrected chi connectivity index (χ1v) is 2.52. The third-order valence-electron chi connectivity index (χ3n) is 0.914. The zero-order chi connectivity index (χ0) is 7.28. The van der Waals surface area contributed by atoms with E-state index in [2.05, 4.69) is 17.5 Å². The normalized spacial score (nSPS) is 12.7. The van der Waals surface area contributed by atoms with Gasteiger partial charge in [-0.2, -0.15) is 0 Å². The first kappa shape index (κ1) is 8.45. The molecule has 0 bridgehead atoms. The first-order valence-electron chi connectivity index (χ1n) is 2.52. The zero-order valence-corrected chi connectivity index (χ0v) is 5.16. The SMILES string of the molecule is [B]OC(=O)C(CC)ON. The number of nitrogens with two attached hydrogens (primary N) is 1. The van der Waals surface area contributed by atoms with Gasteiger partial charge in [0.25, 0.3) is 0 Å². The topological polar surface area (TPSA) is 61.5 Å². The van der Waals surface area contributed by atoms with Gasteiger partial charge in [-0.1, -0.05) is 6.92 Å². The second-order valence-electron chi connectivity index (χ2n) is 1.47. The molecule has 0 aliphatic carbocycles. The molecule has 4 nitrogen and oxygen atoms in total. The average Bonchev–Trinajstić information content (AvgIpc) is 1.90. The second-order valence-corrected chi connectivity index (χ2v) is 1.47. The van der Waals surface area contributed by atoms with Crippen LogP contribution in [0.15, 0.2) is 0 Å². The van der Waals surface area contributed by atoms with E-state index in [1.54, 1.807) is 6.92 Å². The summed E-state index contributed by atoms with van der Waals surface area (Å²) >= 11 is 0. The molecule has 0 spiro atoms. The molecule has 0 aromatic rings. The summed E-state index contributed by atoms with van der Waals surface area (Å²) in [6, 6.07) is 0. The largest absolute Gasteiger partial charge is 0.541 e. The molecule has 5 heteroatoms. The molecule has 0 aliphatic rings. The van der Waals surface area contributed by atoms with Gasteiger partial charge in [0.2, 0.25) is 0 Å². The van der Waals surface area contributed by atoms with Gasteiger partial charge < -0.3 is 4.65 Å². The lowest BCUT2D eigenvalue weighted by atomic mass is 10.3. The van der Waals surface area contributed by atoms with Crippen LogP contribution in [0.5, 0.6) is 0 Å². The molecule has 1 atom stereocenters. The molecule has 0 saturated heterocycles. The summed E-state index contributed by atoms with van der Waals surface area (Å²) in [5.41, 5.74) is 0. The molecule has 0 saturated carbocycles. The standard InChI is InChI=1S/C4H8BNO3/c1-2-3(9-6)4(7)8-5/h3H,2,6H2,1H3. The predicted molar refractivity (Wildman–Crippen MR) is 31.2 cm³/mol. The van der Waals surface area contributed by atoms with Crippen LogP contribution in [-0.2, 0) is 14.3 Å². The fourth-order valence-corrected chi connectivity index (χ4v) is 0.394. The Kier molecular flexibility index (Phi) is 4.08. The van der Waals surface area contributed by atoms with Crippen molar-refractivity contribution in [1.82, 2.24) is 0 Å². The van der Waals surface area contributed by atoms with Crippen molar-refractivity contribution in [3.05, 3.63) is 0 Å². The molecule has 2 radical (unpaired) electrons. The van der Waals surface area contributed by atoms with Gasteiger partial charge in [0.1, 0.15) is 0 Å². The summed E-state index contributed by atoms with van der Waals surface area (Å²) in [5.74, 6) is 4.05. The molecule has 50 valence electrons. The van der Waals surface area contributed by atoms with Crippen molar-refractivity contribution in [1.29, 1.82) is 0 Å². The van der Waals surface area contributed by atoms with Crippen LogP contribution in [0.1, 0.15) is 13.3 Å². The van der Waals surface area contributed by atoms with Gasteiger partial charge in [-0.25, -0.2) is 5.90 Å². The molecule has 0 aliphatic heterocycles. The van der Waals surface area contributed by atoms with Crippen LogP contribution in [0.25, 0.3) is 0 Å². The van der Waals surface area contributed by atoms with E-state index in [9.17, 15) is 4.79 Å². The highest BCUT2D eigenvalue weighted by Gasteiger charge is 2.14. The molecule has 0 heterocycles. The van der Waals surface area contributed by atoms with Crippen LogP contribution >= 0.6 is 0 Å². The van der Waals surface area contributed by atoms with Gasteiger partial charge in [-0.05, 0) is 6.42 Å². The third kappa shape index (κ3) is 2.48. The smallest absolute Gasteiger partial charge is 0.378 e. The minimum atomic E-state index is -0.741. The van der Waals surface area contributed by atoms with Crippen molar-refractivity contribution in [3.8, 4) is 0 Å². The van der Waals surface area contributed by atoms with E-state index in [-0.39, 0.29) is 0 Å². The van der Waals surface area contributed by atoms with Crippen LogP contribution in [-0.4, -0.2) is 20.1 Å². The molecular formula is C4H8BNO3. The van der Waals surface area contributed by atoms with Crippen LogP contribution in [0.4, 0.5) is 0 Å². The Hall–Kier alpha value is -0.545. The maximum Gasteiger partial charge on any atom is 0.378 e. The molecule has 0 rings (SSSR count). The van der Waals surface area contributed by atoms with Gasteiger partial charge in [0.15, 0.2) is 6.10 Å². The van der Waals surface area contributed by atoms with Crippen molar-refractivity contribution in [2.24, 2.45) is 5.90 Å². The van der Waals surface area contributed by atoms with E-state index in [4.69, 9.17) is 5.90 Å². The Morgan fingerprint density at radius 1 is 1.89 bits per heavy atom. The first-order chi connectivity index (χ1) is 4.26. The predicted octanol–water partition coefficient (Wildman–Crippen LogP) is -0.718. The summed E-state index contributed by atoms with van der Waals surface area (Å²) in [7, 11) is 4.54. The van der Waals surface area contributed by atoms with Crippen LogP contribution in [0, 0.1) is 0 Å². The lowest BCUT2D eigenvalue weighted by Gasteiger charge is -2.08. The summed E-state index contributed by atoms with van der Waals surface area (Å²) < 4.78 is 3.85. The maximum atomic E-state index is 10.4. The van der Waals surface area contributed by atoms with Gasteiger partial charge in [0.05, 0.1) is 0 Å². The van der Waals surface area contributed by atoms with E-state index < -0.39 is 12.1 Å². The number of carbonyl (C=O) groups excluding carboxylic acids is 1. The molecular weight excluding hydrogens is 121 g/mol. The molecule has 0 aromatic carbocycles. The number of hydrogen-bond donors (Lipinski definition) is 1. The summed E-state index contributed by atoms with van der Waals surface area (Å²) in [6.45, 7) is 1.73. The van der Waals surface area contributed by atoms with Crippen LogP contribution < -0.4 is 5.90 Å². The van der Waals surface area contributed by atoms with E-state index in [1.165, 1.54) is 0 Å². The average molecular weight is 129 g/mol. The van der Waals surface area contributed by atoms with Crippen molar-refractivity contribution >= 4 is 14.0 Å². The summed E-state index contributed by atoms with van der Waals surface area (Å²) in [5, 5.41) is 0. The van der Waals surface area contributed by atoms with E-state index in [0.29, 0.717) is 6.42 Å². The molecule has 0 amide bonds. The Morgan fingerprint density at radius 3 is 2.56 bits per heavy atom. The lowest BCUT2D eigenvalue weighted by molar-refractivity contribution is -0.147. The molecule has 0 aromatic heterocycles. The summed E-state index contributed by atoms with van der Waals surface area (Å²) in [6.07, 6.45) is -0.290. The number of hydrogen-bond acceptors (Lipinski definition) is 4. The van der Waals surface area contributed by atoms with Crippen LogP contribution in [0.2, 0.25) is 0 Å². The third-order valence-corrected chi connectivity index (χ3v) is 0.914. The molecule has 2 N–H and O–H groups in total. The quantitative estimate of drug-likeness (QED) is 0.403. The lowest BCUT2D eigenvalue weighted by Crippen LogP contribution is -2.27. The van der Waals surface area contributed by atoms with Crippen molar-refractivity contribution in [3.63, 3.8) is 0 Å². The Bertz CT molecular complexity index is 93.8. The summed E-state index contributed by atoms with van der Waals surface area (Å²) in [4.78, 5) is 14.6. The fourth-order valence-electron chi connectivity index (χ4n) is 0.394. The molecule has 0 fully saturated rings. The minimum absolute atomic E-state index is 0.451. The Morgan fingerprint density at radius 2 is 2.44 bits per heavy atom. The Labute approximate surface area is 54.7 Å². The van der Waals surface area contributed by atoms with Crippen LogP contribution in [0.3, 0.4) is 0 Å². The highest BCUT2D eigenvalue weighted by atomic mass is 16.6. The van der Waals surface area contributed by atoms with E-state index in [1.807, 2.05) is 0 Å². The molecule has 1 unspecified atom stereocenters. The maximum absolute atomic E-state index is 10.4. The highest BCUT2D eigenvalue weighted by molar-refractivity contribution is 6.06. The zero-order valence-electron chi connectivity index (χ0n) is 5.16. The van der Waals surface area contributed by atoms with Crippen molar-refractivity contribution < 1.29 is 14.3 Å². The second kappa shape index (κ2) is 4.35. The highest BCUT2D eigenvalue weighted by Crippen LogP contribution is 1.95. The van der Waals surface area contributed by atoms with Crippen molar-refractivity contribution in [2.45, 2.75) is 19.4 Å². The molecule has 9 heavy (non-hydrogen) atoms. The number of rotatable bonds is 3. The Balaban J connectivity index is 3.64. The van der Waals surface area contributed by atoms with Gasteiger partial charge in [-0.15, -0.1) is 0 Å². The van der Waals surface area contributed by atoms with Gasteiger partial charge in [0, 0.05) is 0 Å². The minimum Gasteiger partial charge on any atom is -0.541 e. The van der Waals surface area contributed by atoms with E-state index in [0.717, 1.165) is 0 Å². The van der Waals surface area contributed by atoms with Gasteiger partial charge >= 0.3 is 14.0 Å². The fraction of sp³-hybridized carbons (Fsp3) is 0.750. The number of carbonyl (C=O) groups is 1. The van der Waals surface area contributed by atoms with E-state index >= 15 is 0 Å². The van der Waals surface area contributed by atoms with Crippen molar-refractivity contribution in [2.75, 3.05) is 0 Å². The monoisotopic (exact) mass is 129 g/mol.